The highest BCUT2D eigenvalue weighted by Crippen LogP contribution is 2.18. The van der Waals surface area contributed by atoms with Crippen LogP contribution in [0.5, 0.6) is 0 Å². The number of rotatable bonds is 3. The van der Waals surface area contributed by atoms with Crippen LogP contribution in [0.25, 0.3) is 0 Å². The van der Waals surface area contributed by atoms with Gasteiger partial charge >= 0.3 is 5.97 Å². The third kappa shape index (κ3) is 2.59. The molecule has 0 aliphatic heterocycles. The number of carboxylic acid groups (broad SMARTS) is 1. The molecule has 82 valence electrons. The molecule has 0 aliphatic carbocycles. The first-order valence-corrected chi connectivity index (χ1v) is 4.93. The van der Waals surface area contributed by atoms with E-state index in [2.05, 4.69) is 21.2 Å². The van der Waals surface area contributed by atoms with E-state index in [1.807, 2.05) is 0 Å². The van der Waals surface area contributed by atoms with Gasteiger partial charge in [0.05, 0.1) is 10.7 Å². The average molecular weight is 276 g/mol. The highest BCUT2D eigenvalue weighted by atomic mass is 79.9. The van der Waals surface area contributed by atoms with Crippen LogP contribution in [0.15, 0.2) is 21.2 Å². The van der Waals surface area contributed by atoms with E-state index in [1.165, 1.54) is 20.1 Å². The molecule has 2 N–H and O–H groups in total. The van der Waals surface area contributed by atoms with Crippen molar-refractivity contribution in [3.63, 3.8) is 0 Å². The Morgan fingerprint density at radius 2 is 2.13 bits per heavy atom. The summed E-state index contributed by atoms with van der Waals surface area (Å²) in [5.74, 6) is -1.62. The fraction of sp³-hybridized carbons (Fsp3) is 0.333. The zero-order chi connectivity index (χ0) is 11.6. The molecule has 0 fully saturated rings. The zero-order valence-electron chi connectivity index (χ0n) is 8.20. The number of carbonyl (C=O) groups is 2. The molecule has 0 bridgehead atoms. The lowest BCUT2D eigenvalue weighted by Crippen LogP contribution is -2.49. The Labute approximate surface area is 94.6 Å². The van der Waals surface area contributed by atoms with E-state index in [0.717, 1.165) is 0 Å². The van der Waals surface area contributed by atoms with Crippen molar-refractivity contribution in [2.45, 2.75) is 19.4 Å². The van der Waals surface area contributed by atoms with E-state index in [0.29, 0.717) is 4.47 Å². The van der Waals surface area contributed by atoms with Gasteiger partial charge < -0.3 is 14.8 Å². The molecule has 0 unspecified atom stereocenters. The quantitative estimate of drug-likeness (QED) is 0.879. The number of hydrogen-bond acceptors (Lipinski definition) is 3. The zero-order valence-corrected chi connectivity index (χ0v) is 9.79. The van der Waals surface area contributed by atoms with E-state index in [4.69, 9.17) is 9.52 Å². The molecule has 5 nitrogen and oxygen atoms in total. The first-order valence-electron chi connectivity index (χ1n) is 4.13. The summed E-state index contributed by atoms with van der Waals surface area (Å²) < 4.78 is 5.39. The second-order valence-corrected chi connectivity index (χ2v) is 4.34. The number of halogens is 1. The molecule has 1 rings (SSSR count). The number of aliphatic carboxylic acids is 1. The van der Waals surface area contributed by atoms with Gasteiger partial charge in [0.15, 0.2) is 0 Å². The largest absolute Gasteiger partial charge is 0.480 e. The predicted octanol–water partition coefficient (Wildman–Crippen LogP) is 1.64. The summed E-state index contributed by atoms with van der Waals surface area (Å²) in [5, 5.41) is 11.1. The lowest BCUT2D eigenvalue weighted by Gasteiger charge is -2.20. The minimum absolute atomic E-state index is 0.0596. The lowest BCUT2D eigenvalue weighted by atomic mass is 10.1. The van der Waals surface area contributed by atoms with E-state index < -0.39 is 17.4 Å². The van der Waals surface area contributed by atoms with Crippen molar-refractivity contribution in [1.29, 1.82) is 0 Å². The summed E-state index contributed by atoms with van der Waals surface area (Å²) in [7, 11) is 0. The van der Waals surface area contributed by atoms with Crippen molar-refractivity contribution in [3.05, 3.63) is 22.6 Å². The normalized spacial score (nSPS) is 11.1. The first-order chi connectivity index (χ1) is 6.84. The van der Waals surface area contributed by atoms with Crippen LogP contribution in [0, 0.1) is 0 Å². The Bertz CT molecular complexity index is 397. The molecule has 6 heteroatoms. The van der Waals surface area contributed by atoms with Crippen LogP contribution in [0.2, 0.25) is 0 Å². The molecule has 0 spiro atoms. The summed E-state index contributed by atoms with van der Waals surface area (Å²) in [5.41, 5.74) is -1.33. The summed E-state index contributed by atoms with van der Waals surface area (Å²) >= 11 is 3.11. The van der Waals surface area contributed by atoms with Crippen LogP contribution in [-0.2, 0) is 4.79 Å². The minimum Gasteiger partial charge on any atom is -0.480 e. The molecule has 0 saturated carbocycles. The smallest absolute Gasteiger partial charge is 0.328 e. The van der Waals surface area contributed by atoms with Crippen molar-refractivity contribution >= 4 is 27.8 Å². The molecular formula is C9H10BrNO4. The van der Waals surface area contributed by atoms with Gasteiger partial charge in [-0.05, 0) is 35.8 Å². The van der Waals surface area contributed by atoms with Crippen molar-refractivity contribution in [3.8, 4) is 0 Å². The third-order valence-electron chi connectivity index (χ3n) is 1.78. The number of nitrogens with one attached hydrogen (secondary N) is 1. The van der Waals surface area contributed by atoms with E-state index in [-0.39, 0.29) is 5.76 Å². The molecule has 15 heavy (non-hydrogen) atoms. The van der Waals surface area contributed by atoms with Crippen molar-refractivity contribution in [2.24, 2.45) is 0 Å². The Kier molecular flexibility index (Phi) is 3.18. The van der Waals surface area contributed by atoms with Gasteiger partial charge in [0.2, 0.25) is 5.76 Å². The van der Waals surface area contributed by atoms with Crippen LogP contribution < -0.4 is 5.32 Å². The van der Waals surface area contributed by atoms with E-state index >= 15 is 0 Å². The predicted molar refractivity (Wildman–Crippen MR) is 55.6 cm³/mol. The van der Waals surface area contributed by atoms with Gasteiger partial charge in [-0.2, -0.15) is 0 Å². The molecule has 0 aliphatic rings. The van der Waals surface area contributed by atoms with Crippen molar-refractivity contribution < 1.29 is 19.1 Å². The number of furan rings is 1. The van der Waals surface area contributed by atoms with Gasteiger partial charge in [-0.1, -0.05) is 0 Å². The number of carboxylic acids is 1. The van der Waals surface area contributed by atoms with Gasteiger partial charge in [-0.3, -0.25) is 4.79 Å². The number of amides is 1. The number of hydrogen-bond donors (Lipinski definition) is 2. The Morgan fingerprint density at radius 3 is 2.53 bits per heavy atom. The maximum absolute atomic E-state index is 11.5. The van der Waals surface area contributed by atoms with Crippen LogP contribution in [-0.4, -0.2) is 22.5 Å². The minimum atomic E-state index is -1.33. The second-order valence-electron chi connectivity index (χ2n) is 3.48. The molecule has 1 aromatic heterocycles. The summed E-state index contributed by atoms with van der Waals surface area (Å²) in [4.78, 5) is 22.3. The maximum Gasteiger partial charge on any atom is 0.328 e. The fourth-order valence-corrected chi connectivity index (χ4v) is 1.23. The lowest BCUT2D eigenvalue weighted by molar-refractivity contribution is -0.143. The number of carbonyl (C=O) groups excluding carboxylic acids is 1. The first kappa shape index (κ1) is 11.8. The van der Waals surface area contributed by atoms with Crippen LogP contribution >= 0.6 is 15.9 Å². The molecular weight excluding hydrogens is 266 g/mol. The Morgan fingerprint density at radius 1 is 1.53 bits per heavy atom. The molecule has 1 aromatic rings. The van der Waals surface area contributed by atoms with Gasteiger partial charge in [-0.25, -0.2) is 4.79 Å². The van der Waals surface area contributed by atoms with E-state index in [9.17, 15) is 9.59 Å². The standard InChI is InChI=1S/C9H10BrNO4/c1-9(2,8(13)14)11-7(12)6-5(10)3-4-15-6/h3-4H,1-2H3,(H,11,12)(H,13,14). The second kappa shape index (κ2) is 4.06. The fourth-order valence-electron chi connectivity index (χ4n) is 0.850. The van der Waals surface area contributed by atoms with Gasteiger partial charge in [0.1, 0.15) is 5.54 Å². The third-order valence-corrected chi connectivity index (χ3v) is 2.41. The van der Waals surface area contributed by atoms with Crippen molar-refractivity contribution in [2.75, 3.05) is 0 Å². The molecule has 0 radical (unpaired) electrons. The Balaban J connectivity index is 2.81. The van der Waals surface area contributed by atoms with Gasteiger partial charge in [0, 0.05) is 0 Å². The van der Waals surface area contributed by atoms with Gasteiger partial charge in [0.25, 0.3) is 5.91 Å². The molecule has 0 aromatic carbocycles. The topological polar surface area (TPSA) is 79.5 Å². The van der Waals surface area contributed by atoms with Crippen LogP contribution in [0.3, 0.4) is 0 Å². The molecule has 1 amide bonds. The summed E-state index contributed by atoms with van der Waals surface area (Å²) in [6.07, 6.45) is 1.34. The maximum atomic E-state index is 11.5. The van der Waals surface area contributed by atoms with E-state index in [1.54, 1.807) is 6.07 Å². The monoisotopic (exact) mass is 275 g/mol. The summed E-state index contributed by atoms with van der Waals surface area (Å²) in [6.45, 7) is 2.79. The molecule has 1 heterocycles. The van der Waals surface area contributed by atoms with Crippen LogP contribution in [0.1, 0.15) is 24.4 Å². The highest BCUT2D eigenvalue weighted by Gasteiger charge is 2.30. The average Bonchev–Trinajstić information content (AvgIpc) is 2.50. The SMILES string of the molecule is CC(C)(NC(=O)c1occc1Br)C(=O)O. The molecule has 0 saturated heterocycles. The Hall–Kier alpha value is -1.30. The van der Waals surface area contributed by atoms with Crippen LogP contribution in [0.4, 0.5) is 0 Å². The summed E-state index contributed by atoms with van der Waals surface area (Å²) in [6, 6.07) is 1.56. The van der Waals surface area contributed by atoms with Gasteiger partial charge in [-0.15, -0.1) is 0 Å². The molecule has 0 atom stereocenters. The van der Waals surface area contributed by atoms with Crippen molar-refractivity contribution in [1.82, 2.24) is 5.32 Å². The highest BCUT2D eigenvalue weighted by molar-refractivity contribution is 9.10.